The van der Waals surface area contributed by atoms with Gasteiger partial charge >= 0.3 is 0 Å². The second kappa shape index (κ2) is 3.70. The van der Waals surface area contributed by atoms with Crippen molar-refractivity contribution in [3.8, 4) is 0 Å². The molecule has 0 bridgehead atoms. The van der Waals surface area contributed by atoms with Gasteiger partial charge in [-0.1, -0.05) is 23.5 Å². The molecule has 0 radical (unpaired) electrons. The van der Waals surface area contributed by atoms with Crippen molar-refractivity contribution in [2.24, 2.45) is 0 Å². The van der Waals surface area contributed by atoms with Gasteiger partial charge in [0, 0.05) is 0 Å². The summed E-state index contributed by atoms with van der Waals surface area (Å²) in [7, 11) is 0. The maximum atomic E-state index is 5.44. The number of rotatable bonds is 3. The summed E-state index contributed by atoms with van der Waals surface area (Å²) in [6.07, 6.45) is 2.59. The minimum absolute atomic E-state index is 0.422. The van der Waals surface area contributed by atoms with Crippen molar-refractivity contribution in [2.45, 2.75) is 19.9 Å². The quantitative estimate of drug-likeness (QED) is 0.789. The number of nitrogens with two attached hydrogens (primary N) is 1. The van der Waals surface area contributed by atoms with Gasteiger partial charge in [-0.05, 0) is 6.42 Å². The summed E-state index contributed by atoms with van der Waals surface area (Å²) in [4.78, 5) is 0. The van der Waals surface area contributed by atoms with Gasteiger partial charge in [0.1, 0.15) is 10.0 Å². The highest BCUT2D eigenvalue weighted by molar-refractivity contribution is 7.11. The predicted molar refractivity (Wildman–Crippen MR) is 52.8 cm³/mol. The molecule has 7 heteroatoms. The monoisotopic (exact) mass is 210 g/mol. The predicted octanol–water partition coefficient (Wildman–Crippen LogP) is 0.322. The first-order chi connectivity index (χ1) is 6.78. The molecular formula is C7H10N6S. The second-order valence-electron chi connectivity index (χ2n) is 2.78. The molecule has 2 aromatic rings. The third-order valence-electron chi connectivity index (χ3n) is 1.66. The SMILES string of the molecule is CCc1nnc(Cn2cc(N)nn2)s1. The van der Waals surface area contributed by atoms with E-state index < -0.39 is 0 Å². The number of nitrogen functional groups attached to an aromatic ring is 1. The Bertz CT molecular complexity index is 419. The number of anilines is 1. The van der Waals surface area contributed by atoms with E-state index in [0.29, 0.717) is 12.4 Å². The summed E-state index contributed by atoms with van der Waals surface area (Å²) in [6, 6.07) is 0. The van der Waals surface area contributed by atoms with Gasteiger partial charge in [0.15, 0.2) is 5.82 Å². The Labute approximate surface area is 84.8 Å². The van der Waals surface area contributed by atoms with E-state index in [1.807, 2.05) is 0 Å². The van der Waals surface area contributed by atoms with Crippen LogP contribution < -0.4 is 5.73 Å². The van der Waals surface area contributed by atoms with Gasteiger partial charge in [-0.3, -0.25) is 0 Å². The minimum Gasteiger partial charge on any atom is -0.381 e. The van der Waals surface area contributed by atoms with Crippen LogP contribution in [0.25, 0.3) is 0 Å². The Morgan fingerprint density at radius 2 is 2.14 bits per heavy atom. The first-order valence-electron chi connectivity index (χ1n) is 4.25. The number of aromatic nitrogens is 5. The lowest BCUT2D eigenvalue weighted by Gasteiger charge is -1.92. The average molecular weight is 210 g/mol. The Morgan fingerprint density at radius 1 is 1.36 bits per heavy atom. The van der Waals surface area contributed by atoms with Crippen LogP contribution in [0.2, 0.25) is 0 Å². The zero-order valence-electron chi connectivity index (χ0n) is 7.71. The van der Waals surface area contributed by atoms with Crippen molar-refractivity contribution in [3.05, 3.63) is 16.2 Å². The molecule has 0 saturated carbocycles. The van der Waals surface area contributed by atoms with Crippen LogP contribution in [0.5, 0.6) is 0 Å². The molecule has 74 valence electrons. The van der Waals surface area contributed by atoms with Crippen molar-refractivity contribution in [1.29, 1.82) is 0 Å². The lowest BCUT2D eigenvalue weighted by atomic mass is 10.5. The maximum absolute atomic E-state index is 5.44. The summed E-state index contributed by atoms with van der Waals surface area (Å²) < 4.78 is 1.65. The molecule has 0 unspecified atom stereocenters. The summed E-state index contributed by atoms with van der Waals surface area (Å²) in [5.74, 6) is 0.422. The fourth-order valence-electron chi connectivity index (χ4n) is 1.02. The van der Waals surface area contributed by atoms with Crippen LogP contribution in [0.1, 0.15) is 16.9 Å². The molecule has 0 fully saturated rings. The van der Waals surface area contributed by atoms with Crippen molar-refractivity contribution in [1.82, 2.24) is 25.2 Å². The Morgan fingerprint density at radius 3 is 2.71 bits per heavy atom. The van der Waals surface area contributed by atoms with E-state index >= 15 is 0 Å². The second-order valence-corrected chi connectivity index (χ2v) is 3.93. The number of hydrogen-bond acceptors (Lipinski definition) is 6. The van der Waals surface area contributed by atoms with Gasteiger partial charge < -0.3 is 5.73 Å². The van der Waals surface area contributed by atoms with Crippen LogP contribution in [0.15, 0.2) is 6.20 Å². The van der Waals surface area contributed by atoms with E-state index in [4.69, 9.17) is 5.73 Å². The molecule has 0 aliphatic rings. The van der Waals surface area contributed by atoms with E-state index in [1.54, 1.807) is 22.2 Å². The third-order valence-corrected chi connectivity index (χ3v) is 2.72. The number of hydrogen-bond donors (Lipinski definition) is 1. The molecule has 0 aliphatic carbocycles. The van der Waals surface area contributed by atoms with Gasteiger partial charge in [0.05, 0.1) is 12.7 Å². The Balaban J connectivity index is 2.10. The van der Waals surface area contributed by atoms with Crippen LogP contribution >= 0.6 is 11.3 Å². The van der Waals surface area contributed by atoms with Gasteiger partial charge in [0.2, 0.25) is 0 Å². The van der Waals surface area contributed by atoms with Gasteiger partial charge in [-0.15, -0.1) is 15.3 Å². The highest BCUT2D eigenvalue weighted by atomic mass is 32.1. The van der Waals surface area contributed by atoms with E-state index in [2.05, 4.69) is 27.4 Å². The maximum Gasteiger partial charge on any atom is 0.165 e. The van der Waals surface area contributed by atoms with Gasteiger partial charge in [-0.25, -0.2) is 4.68 Å². The van der Waals surface area contributed by atoms with E-state index in [-0.39, 0.29) is 0 Å². The first-order valence-corrected chi connectivity index (χ1v) is 5.06. The van der Waals surface area contributed by atoms with Crippen LogP contribution in [-0.4, -0.2) is 25.2 Å². The number of aryl methyl sites for hydroxylation is 1. The molecule has 0 atom stereocenters. The van der Waals surface area contributed by atoms with Crippen LogP contribution in [-0.2, 0) is 13.0 Å². The lowest BCUT2D eigenvalue weighted by molar-refractivity contribution is 0.642. The van der Waals surface area contributed by atoms with Crippen LogP contribution in [0.4, 0.5) is 5.82 Å². The topological polar surface area (TPSA) is 82.5 Å². The van der Waals surface area contributed by atoms with Crippen molar-refractivity contribution < 1.29 is 0 Å². The van der Waals surface area contributed by atoms with E-state index in [9.17, 15) is 0 Å². The molecule has 0 amide bonds. The lowest BCUT2D eigenvalue weighted by Crippen LogP contribution is -1.99. The highest BCUT2D eigenvalue weighted by Gasteiger charge is 2.04. The number of nitrogens with zero attached hydrogens (tertiary/aromatic N) is 5. The molecule has 2 heterocycles. The summed E-state index contributed by atoms with van der Waals surface area (Å²) in [5.41, 5.74) is 5.44. The van der Waals surface area contributed by atoms with Gasteiger partial charge in [-0.2, -0.15) is 0 Å². The van der Waals surface area contributed by atoms with Crippen LogP contribution in [0, 0.1) is 0 Å². The first kappa shape index (κ1) is 9.07. The summed E-state index contributed by atoms with van der Waals surface area (Å²) in [6.45, 7) is 2.64. The fourth-order valence-corrected chi connectivity index (χ4v) is 1.80. The Kier molecular flexibility index (Phi) is 2.40. The minimum atomic E-state index is 0.422. The normalized spacial score (nSPS) is 10.6. The van der Waals surface area contributed by atoms with Gasteiger partial charge in [0.25, 0.3) is 0 Å². The van der Waals surface area contributed by atoms with E-state index in [1.165, 1.54) is 0 Å². The zero-order chi connectivity index (χ0) is 9.97. The molecule has 6 nitrogen and oxygen atoms in total. The van der Waals surface area contributed by atoms with Crippen molar-refractivity contribution in [3.63, 3.8) is 0 Å². The van der Waals surface area contributed by atoms with Crippen LogP contribution in [0.3, 0.4) is 0 Å². The molecule has 0 spiro atoms. The molecule has 0 saturated heterocycles. The highest BCUT2D eigenvalue weighted by Crippen LogP contribution is 2.11. The van der Waals surface area contributed by atoms with E-state index in [0.717, 1.165) is 16.4 Å². The largest absolute Gasteiger partial charge is 0.381 e. The zero-order valence-corrected chi connectivity index (χ0v) is 8.53. The summed E-state index contributed by atoms with van der Waals surface area (Å²) >= 11 is 1.59. The smallest absolute Gasteiger partial charge is 0.165 e. The summed E-state index contributed by atoms with van der Waals surface area (Å²) in [5, 5.41) is 17.5. The van der Waals surface area contributed by atoms with Crippen molar-refractivity contribution in [2.75, 3.05) is 5.73 Å². The molecule has 0 aliphatic heterocycles. The molecule has 2 aromatic heterocycles. The third kappa shape index (κ3) is 1.87. The van der Waals surface area contributed by atoms with Crippen molar-refractivity contribution >= 4 is 17.2 Å². The molecule has 2 rings (SSSR count). The molecule has 2 N–H and O–H groups in total. The average Bonchev–Trinajstić information content (AvgIpc) is 2.76. The fraction of sp³-hybridized carbons (Fsp3) is 0.429. The molecule has 0 aromatic carbocycles. The molecular weight excluding hydrogens is 200 g/mol. The standard InChI is InChI=1S/C7H10N6S/c1-2-6-10-11-7(14-6)4-13-3-5(8)9-12-13/h3H,2,4,8H2,1H3. The molecule has 14 heavy (non-hydrogen) atoms. The Hall–Kier alpha value is -1.50.